The molecule has 3 aromatic heterocycles. The van der Waals surface area contributed by atoms with Crippen molar-refractivity contribution in [3.63, 3.8) is 0 Å². The molecule has 3 fully saturated rings. The van der Waals surface area contributed by atoms with Gasteiger partial charge in [0.15, 0.2) is 5.82 Å². The molecule has 2 unspecified atom stereocenters. The summed E-state index contributed by atoms with van der Waals surface area (Å²) in [6.07, 6.45) is 2.51. The van der Waals surface area contributed by atoms with Crippen LogP contribution in [-0.4, -0.2) is 72.7 Å². The highest BCUT2D eigenvalue weighted by Gasteiger charge is 2.61. The molecule has 1 aliphatic carbocycles. The third kappa shape index (κ3) is 3.61. The predicted octanol–water partition coefficient (Wildman–Crippen LogP) is 2.05. The highest BCUT2D eigenvalue weighted by molar-refractivity contribution is 7.11. The van der Waals surface area contributed by atoms with Crippen molar-refractivity contribution < 1.29 is 14.1 Å². The molecular weight excluding hydrogens is 482 g/mol. The van der Waals surface area contributed by atoms with Crippen LogP contribution in [0, 0.1) is 23.7 Å². The van der Waals surface area contributed by atoms with E-state index in [0.29, 0.717) is 42.8 Å². The maximum atomic E-state index is 13.2. The van der Waals surface area contributed by atoms with Crippen molar-refractivity contribution in [1.82, 2.24) is 34.7 Å². The Morgan fingerprint density at radius 2 is 1.97 bits per heavy atom. The minimum Gasteiger partial charge on any atom is -0.341 e. The van der Waals surface area contributed by atoms with E-state index in [9.17, 15) is 14.4 Å². The topological polar surface area (TPSA) is 130 Å². The molecule has 190 valence electrons. The minimum atomic E-state index is -0.349. The predicted molar refractivity (Wildman–Crippen MR) is 130 cm³/mol. The molecule has 0 aromatic carbocycles. The second-order valence-electron chi connectivity index (χ2n) is 11.2. The first-order valence-electron chi connectivity index (χ1n) is 12.2. The lowest BCUT2D eigenvalue weighted by molar-refractivity contribution is -0.145. The molecular formula is C24H29N7O4S. The maximum Gasteiger partial charge on any atom is 0.265 e. The highest BCUT2D eigenvalue weighted by atomic mass is 32.1. The van der Waals surface area contributed by atoms with E-state index in [4.69, 9.17) is 9.51 Å². The highest BCUT2D eigenvalue weighted by Crippen LogP contribution is 2.55. The molecule has 2 saturated heterocycles. The number of amides is 2. The average Bonchev–Trinajstić information content (AvgIpc) is 3.41. The first-order chi connectivity index (χ1) is 17.1. The smallest absolute Gasteiger partial charge is 0.265 e. The molecule has 3 aromatic rings. The number of hydrogen-bond donors (Lipinski definition) is 1. The average molecular weight is 512 g/mol. The molecule has 1 N–H and O–H groups in total. The number of aryl methyl sites for hydroxylation is 1. The Hall–Kier alpha value is -3.28. The van der Waals surface area contributed by atoms with E-state index in [-0.39, 0.29) is 46.1 Å². The molecule has 1 spiro atoms. The number of hydrogen-bond acceptors (Lipinski definition) is 8. The molecule has 5 heterocycles. The van der Waals surface area contributed by atoms with Gasteiger partial charge in [-0.1, -0.05) is 19.0 Å². The lowest BCUT2D eigenvalue weighted by Crippen LogP contribution is -2.62. The molecule has 2 aliphatic heterocycles. The van der Waals surface area contributed by atoms with Crippen LogP contribution in [0.3, 0.4) is 0 Å². The van der Waals surface area contributed by atoms with Crippen molar-refractivity contribution >= 4 is 23.2 Å². The van der Waals surface area contributed by atoms with Crippen molar-refractivity contribution in [1.29, 1.82) is 0 Å². The van der Waals surface area contributed by atoms with E-state index in [1.165, 1.54) is 17.4 Å². The summed E-state index contributed by atoms with van der Waals surface area (Å²) >= 11 is 1.32. The van der Waals surface area contributed by atoms with Crippen LogP contribution in [0.15, 0.2) is 27.1 Å². The van der Waals surface area contributed by atoms with Crippen LogP contribution in [0.2, 0.25) is 0 Å². The molecule has 6 rings (SSSR count). The van der Waals surface area contributed by atoms with Crippen molar-refractivity contribution in [3.8, 4) is 0 Å². The van der Waals surface area contributed by atoms with Gasteiger partial charge >= 0.3 is 0 Å². The lowest BCUT2D eigenvalue weighted by atomic mass is 9.71. The minimum absolute atomic E-state index is 0.0647. The fraction of sp³-hybridized carbons (Fsp3) is 0.583. The van der Waals surface area contributed by atoms with Gasteiger partial charge in [0.05, 0.1) is 17.6 Å². The Balaban J connectivity index is 1.26. The summed E-state index contributed by atoms with van der Waals surface area (Å²) in [6.45, 7) is 10.1. The number of H-pyrrole nitrogens is 1. The van der Waals surface area contributed by atoms with Crippen molar-refractivity contribution in [2.24, 2.45) is 16.7 Å². The molecule has 3 aliphatic rings. The van der Waals surface area contributed by atoms with E-state index >= 15 is 0 Å². The van der Waals surface area contributed by atoms with Gasteiger partial charge < -0.3 is 14.3 Å². The van der Waals surface area contributed by atoms with Gasteiger partial charge in [0, 0.05) is 49.3 Å². The molecule has 36 heavy (non-hydrogen) atoms. The van der Waals surface area contributed by atoms with Gasteiger partial charge in [0.1, 0.15) is 10.9 Å². The fourth-order valence-corrected chi connectivity index (χ4v) is 6.41. The Morgan fingerprint density at radius 1 is 1.25 bits per heavy atom. The Labute approximate surface area is 211 Å². The second-order valence-corrected chi connectivity index (χ2v) is 12.1. The third-order valence-electron chi connectivity index (χ3n) is 8.18. The zero-order valence-electron chi connectivity index (χ0n) is 20.7. The zero-order valence-corrected chi connectivity index (χ0v) is 21.5. The molecule has 0 bridgehead atoms. The van der Waals surface area contributed by atoms with Crippen LogP contribution >= 0.6 is 11.3 Å². The van der Waals surface area contributed by atoms with Crippen LogP contribution in [0.1, 0.15) is 66.2 Å². The number of likely N-dealkylation sites (tertiary alicyclic amines) is 2. The molecule has 3 atom stereocenters. The summed E-state index contributed by atoms with van der Waals surface area (Å²) in [5, 5.41) is 7.08. The largest absolute Gasteiger partial charge is 0.341 e. The Morgan fingerprint density at radius 3 is 2.58 bits per heavy atom. The number of carbonyl (C=O) groups excluding carboxylic acids is 2. The van der Waals surface area contributed by atoms with Gasteiger partial charge in [-0.05, 0) is 25.7 Å². The van der Waals surface area contributed by atoms with Gasteiger partial charge in [-0.25, -0.2) is 0 Å². The Bertz CT molecular complexity index is 1380. The van der Waals surface area contributed by atoms with E-state index in [0.717, 1.165) is 12.1 Å². The first-order valence-corrected chi connectivity index (χ1v) is 13.0. The van der Waals surface area contributed by atoms with Crippen LogP contribution in [0.4, 0.5) is 0 Å². The summed E-state index contributed by atoms with van der Waals surface area (Å²) in [7, 11) is 0. The van der Waals surface area contributed by atoms with E-state index in [1.807, 2.05) is 23.6 Å². The molecule has 12 heteroatoms. The van der Waals surface area contributed by atoms with Crippen molar-refractivity contribution in [2.75, 3.05) is 26.2 Å². The first kappa shape index (κ1) is 23.1. The van der Waals surface area contributed by atoms with Gasteiger partial charge in [-0.3, -0.25) is 29.1 Å². The summed E-state index contributed by atoms with van der Waals surface area (Å²) in [6, 6.07) is 1.17. The van der Waals surface area contributed by atoms with Gasteiger partial charge in [-0.15, -0.1) is 11.3 Å². The van der Waals surface area contributed by atoms with Crippen molar-refractivity contribution in [3.05, 3.63) is 50.4 Å². The quantitative estimate of drug-likeness (QED) is 0.555. The number of nitrogens with one attached hydrogen (secondary N) is 1. The van der Waals surface area contributed by atoms with Gasteiger partial charge in [0.25, 0.3) is 17.4 Å². The van der Waals surface area contributed by atoms with Crippen LogP contribution < -0.4 is 5.56 Å². The van der Waals surface area contributed by atoms with Gasteiger partial charge in [0.2, 0.25) is 5.91 Å². The third-order valence-corrected chi connectivity index (χ3v) is 8.94. The molecule has 2 amide bonds. The van der Waals surface area contributed by atoms with Crippen molar-refractivity contribution in [2.45, 2.75) is 46.1 Å². The lowest BCUT2D eigenvalue weighted by Gasteiger charge is -2.50. The number of thiazole rings is 1. The molecule has 11 nitrogen and oxygen atoms in total. The SMILES string of the molecule is Cc1cc(=O)[nH]n1C(C)c1nc(C2CN(C(=O)c3cncs3)CC23CN(C(=O)[C@H]2CC2(C)C)C3)no1. The van der Waals surface area contributed by atoms with Crippen LogP contribution in [-0.2, 0) is 4.79 Å². The van der Waals surface area contributed by atoms with E-state index in [1.54, 1.807) is 16.4 Å². The van der Waals surface area contributed by atoms with Gasteiger partial charge in [-0.2, -0.15) is 4.98 Å². The van der Waals surface area contributed by atoms with E-state index < -0.39 is 0 Å². The van der Waals surface area contributed by atoms with E-state index in [2.05, 4.69) is 29.1 Å². The maximum absolute atomic E-state index is 13.2. The summed E-state index contributed by atoms with van der Waals surface area (Å²) in [4.78, 5) is 51.1. The van der Waals surface area contributed by atoms with Crippen LogP contribution in [0.25, 0.3) is 0 Å². The standard InChI is InChI=1S/C24H29N7O4S/c1-13-5-18(32)27-31(13)14(2)20-26-19(28-35-20)16-8-29(22(34)17-7-25-12-36-17)9-24(16)10-30(11-24)21(33)15-6-23(15,3)4/h5,7,12,14-16H,6,8-11H2,1-4H3,(H,27,32)/t14?,15-,16?/m1/s1. The number of rotatable bonds is 5. The normalized spacial score (nSPS) is 24.7. The zero-order chi connectivity index (χ0) is 25.4. The number of carbonyl (C=O) groups is 2. The summed E-state index contributed by atoms with van der Waals surface area (Å²) < 4.78 is 7.34. The number of nitrogens with zero attached hydrogens (tertiary/aromatic N) is 6. The Kier molecular flexibility index (Phi) is 5.05. The fourth-order valence-electron chi connectivity index (χ4n) is 5.83. The second kappa shape index (κ2) is 7.86. The van der Waals surface area contributed by atoms with Crippen LogP contribution in [0.5, 0.6) is 0 Å². The monoisotopic (exact) mass is 511 g/mol. The number of aromatic nitrogens is 5. The molecule has 0 radical (unpaired) electrons. The summed E-state index contributed by atoms with van der Waals surface area (Å²) in [5.74, 6) is 0.960. The number of aromatic amines is 1. The molecule has 1 saturated carbocycles. The summed E-state index contributed by atoms with van der Waals surface area (Å²) in [5.41, 5.74) is 1.97.